The maximum absolute atomic E-state index is 2.42. The van der Waals surface area contributed by atoms with E-state index in [1.807, 2.05) is 0 Å². The molecule has 0 atom stereocenters. The third-order valence-corrected chi connectivity index (χ3v) is 2.61. The summed E-state index contributed by atoms with van der Waals surface area (Å²) in [5.74, 6) is 0. The lowest BCUT2D eigenvalue weighted by Gasteiger charge is -2.16. The summed E-state index contributed by atoms with van der Waals surface area (Å²) in [5.41, 5.74) is 1.44. The lowest BCUT2D eigenvalue weighted by atomic mass is 10.3. The van der Waals surface area contributed by atoms with Crippen LogP contribution in [0.2, 0.25) is 0 Å². The Balaban J connectivity index is 2.41. The zero-order valence-corrected chi connectivity index (χ0v) is 8.03. The van der Waals surface area contributed by atoms with Crippen molar-refractivity contribution in [3.05, 3.63) is 22.4 Å². The number of hydrogen-bond donors (Lipinski definition) is 0. The van der Waals surface area contributed by atoms with Crippen LogP contribution in [-0.2, 0) is 6.54 Å². The van der Waals surface area contributed by atoms with Gasteiger partial charge in [-0.15, -0.1) is 0 Å². The monoisotopic (exact) mass is 169 g/mol. The highest BCUT2D eigenvalue weighted by atomic mass is 32.1. The quantitative estimate of drug-likeness (QED) is 0.669. The van der Waals surface area contributed by atoms with Crippen molar-refractivity contribution in [1.29, 1.82) is 0 Å². The first-order valence-corrected chi connectivity index (χ1v) is 5.04. The van der Waals surface area contributed by atoms with Crippen LogP contribution >= 0.6 is 11.3 Å². The summed E-state index contributed by atoms with van der Waals surface area (Å²) < 4.78 is 0. The van der Waals surface area contributed by atoms with Crippen LogP contribution in [0.3, 0.4) is 0 Å². The molecule has 1 aromatic heterocycles. The van der Waals surface area contributed by atoms with Crippen molar-refractivity contribution in [2.24, 2.45) is 0 Å². The molecule has 0 saturated carbocycles. The van der Waals surface area contributed by atoms with Gasteiger partial charge in [-0.3, -0.25) is 4.90 Å². The molecular formula is C9H15NS. The highest BCUT2D eigenvalue weighted by Crippen LogP contribution is 2.08. The molecule has 0 saturated heterocycles. The largest absolute Gasteiger partial charge is 0.300 e. The average molecular weight is 169 g/mol. The van der Waals surface area contributed by atoms with Crippen molar-refractivity contribution in [1.82, 2.24) is 4.90 Å². The van der Waals surface area contributed by atoms with Gasteiger partial charge in [0.2, 0.25) is 0 Å². The van der Waals surface area contributed by atoms with E-state index in [0.717, 1.165) is 19.6 Å². The van der Waals surface area contributed by atoms with Crippen molar-refractivity contribution < 1.29 is 0 Å². The molecule has 0 unspecified atom stereocenters. The molecule has 1 rings (SSSR count). The Labute approximate surface area is 72.7 Å². The molecule has 0 aromatic carbocycles. The molecule has 0 N–H and O–H groups in total. The first-order chi connectivity index (χ1) is 5.36. The highest BCUT2D eigenvalue weighted by molar-refractivity contribution is 7.07. The van der Waals surface area contributed by atoms with Gasteiger partial charge in [-0.25, -0.2) is 0 Å². The van der Waals surface area contributed by atoms with E-state index in [1.165, 1.54) is 5.56 Å². The summed E-state index contributed by atoms with van der Waals surface area (Å²) >= 11 is 1.78. The maximum atomic E-state index is 2.42. The summed E-state index contributed by atoms with van der Waals surface area (Å²) in [7, 11) is 0. The van der Waals surface area contributed by atoms with E-state index in [0.29, 0.717) is 0 Å². The van der Waals surface area contributed by atoms with Crippen LogP contribution in [0.25, 0.3) is 0 Å². The average Bonchev–Trinajstić information content (AvgIpc) is 2.52. The summed E-state index contributed by atoms with van der Waals surface area (Å²) in [6.07, 6.45) is 0. The highest BCUT2D eigenvalue weighted by Gasteiger charge is 1.99. The molecule has 1 nitrogen and oxygen atoms in total. The summed E-state index contributed by atoms with van der Waals surface area (Å²) in [6.45, 7) is 7.81. The van der Waals surface area contributed by atoms with E-state index in [9.17, 15) is 0 Å². The van der Waals surface area contributed by atoms with Gasteiger partial charge in [-0.1, -0.05) is 13.8 Å². The third-order valence-electron chi connectivity index (χ3n) is 1.88. The molecule has 0 bridgehead atoms. The van der Waals surface area contributed by atoms with E-state index in [2.05, 4.69) is 35.6 Å². The Morgan fingerprint density at radius 3 is 2.55 bits per heavy atom. The van der Waals surface area contributed by atoms with E-state index < -0.39 is 0 Å². The van der Waals surface area contributed by atoms with Crippen molar-refractivity contribution >= 4 is 11.3 Å². The predicted molar refractivity (Wildman–Crippen MR) is 50.9 cm³/mol. The minimum Gasteiger partial charge on any atom is -0.300 e. The van der Waals surface area contributed by atoms with Gasteiger partial charge in [-0.2, -0.15) is 11.3 Å². The van der Waals surface area contributed by atoms with Crippen LogP contribution in [0, 0.1) is 0 Å². The molecule has 1 aromatic rings. The number of hydrogen-bond acceptors (Lipinski definition) is 2. The molecule has 2 heteroatoms. The van der Waals surface area contributed by atoms with E-state index in [1.54, 1.807) is 11.3 Å². The third kappa shape index (κ3) is 2.64. The second-order valence-corrected chi connectivity index (χ2v) is 3.37. The van der Waals surface area contributed by atoms with Gasteiger partial charge in [0.05, 0.1) is 0 Å². The van der Waals surface area contributed by atoms with Crippen molar-refractivity contribution in [3.63, 3.8) is 0 Å². The Morgan fingerprint density at radius 1 is 1.36 bits per heavy atom. The fraction of sp³-hybridized carbons (Fsp3) is 0.556. The van der Waals surface area contributed by atoms with Crippen LogP contribution in [0.15, 0.2) is 16.8 Å². The molecule has 1 heterocycles. The zero-order chi connectivity index (χ0) is 8.10. The molecule has 0 aliphatic heterocycles. The molecule has 11 heavy (non-hydrogen) atoms. The molecule has 0 fully saturated rings. The standard InChI is InChI=1S/C9H15NS/c1-3-10(4-2)7-9-5-6-11-8-9/h5-6,8H,3-4,7H2,1-2H3. The van der Waals surface area contributed by atoms with Gasteiger partial charge in [0.15, 0.2) is 0 Å². The minimum absolute atomic E-state index is 1.11. The lowest BCUT2D eigenvalue weighted by molar-refractivity contribution is 0.296. The van der Waals surface area contributed by atoms with E-state index in [-0.39, 0.29) is 0 Å². The fourth-order valence-electron chi connectivity index (χ4n) is 1.09. The van der Waals surface area contributed by atoms with Gasteiger partial charge in [0.25, 0.3) is 0 Å². The fourth-order valence-corrected chi connectivity index (χ4v) is 1.75. The Hall–Kier alpha value is -0.340. The van der Waals surface area contributed by atoms with E-state index in [4.69, 9.17) is 0 Å². The second kappa shape index (κ2) is 4.52. The Bertz CT molecular complexity index is 177. The van der Waals surface area contributed by atoms with Crippen LogP contribution < -0.4 is 0 Å². The van der Waals surface area contributed by atoms with Crippen LogP contribution in [-0.4, -0.2) is 18.0 Å². The lowest BCUT2D eigenvalue weighted by Crippen LogP contribution is -2.21. The van der Waals surface area contributed by atoms with Gasteiger partial charge in [-0.05, 0) is 35.5 Å². The molecule has 0 radical (unpaired) electrons. The SMILES string of the molecule is CCN(CC)Cc1ccsc1. The predicted octanol–water partition coefficient (Wildman–Crippen LogP) is 2.59. The Kier molecular flexibility index (Phi) is 3.60. The molecule has 0 spiro atoms. The smallest absolute Gasteiger partial charge is 0.0241 e. The molecule has 0 aliphatic rings. The van der Waals surface area contributed by atoms with Gasteiger partial charge < -0.3 is 0 Å². The second-order valence-electron chi connectivity index (χ2n) is 2.59. The van der Waals surface area contributed by atoms with Crippen LogP contribution in [0.1, 0.15) is 19.4 Å². The summed E-state index contributed by atoms with van der Waals surface area (Å²) in [4.78, 5) is 2.42. The van der Waals surface area contributed by atoms with E-state index >= 15 is 0 Å². The van der Waals surface area contributed by atoms with Crippen LogP contribution in [0.5, 0.6) is 0 Å². The van der Waals surface area contributed by atoms with Gasteiger partial charge in [0.1, 0.15) is 0 Å². The van der Waals surface area contributed by atoms with Gasteiger partial charge >= 0.3 is 0 Å². The van der Waals surface area contributed by atoms with Crippen molar-refractivity contribution in [2.45, 2.75) is 20.4 Å². The van der Waals surface area contributed by atoms with Crippen molar-refractivity contribution in [2.75, 3.05) is 13.1 Å². The number of thiophene rings is 1. The molecule has 62 valence electrons. The first-order valence-electron chi connectivity index (χ1n) is 4.10. The Morgan fingerprint density at radius 2 is 2.09 bits per heavy atom. The minimum atomic E-state index is 1.11. The van der Waals surface area contributed by atoms with Crippen LogP contribution in [0.4, 0.5) is 0 Å². The van der Waals surface area contributed by atoms with Crippen molar-refractivity contribution in [3.8, 4) is 0 Å². The zero-order valence-electron chi connectivity index (χ0n) is 7.21. The summed E-state index contributed by atoms with van der Waals surface area (Å²) in [6, 6.07) is 2.20. The number of nitrogens with zero attached hydrogens (tertiary/aromatic N) is 1. The number of rotatable bonds is 4. The first kappa shape index (κ1) is 8.75. The summed E-state index contributed by atoms with van der Waals surface area (Å²) in [5, 5.41) is 4.36. The van der Waals surface area contributed by atoms with Gasteiger partial charge in [0, 0.05) is 6.54 Å². The normalized spacial score (nSPS) is 10.8. The molecule has 0 aliphatic carbocycles. The molecular weight excluding hydrogens is 154 g/mol. The molecule has 0 amide bonds. The maximum Gasteiger partial charge on any atom is 0.0241 e. The topological polar surface area (TPSA) is 3.24 Å².